The number of hydrogen-bond donors (Lipinski definition) is 1. The molecule has 0 radical (unpaired) electrons. The highest BCUT2D eigenvalue weighted by Crippen LogP contribution is 2.27. The lowest BCUT2D eigenvalue weighted by Gasteiger charge is -2.07. The molecule has 0 spiro atoms. The highest BCUT2D eigenvalue weighted by Gasteiger charge is 2.15. The summed E-state index contributed by atoms with van der Waals surface area (Å²) in [5.41, 5.74) is 0.603. The summed E-state index contributed by atoms with van der Waals surface area (Å²) in [5.74, 6) is -0.749. The molecule has 0 saturated heterocycles. The van der Waals surface area contributed by atoms with Crippen LogP contribution in [0.15, 0.2) is 31.0 Å². The van der Waals surface area contributed by atoms with E-state index >= 15 is 0 Å². The number of aryl methyl sites for hydroxylation is 1. The molecule has 8 nitrogen and oxygen atoms in total. The summed E-state index contributed by atoms with van der Waals surface area (Å²) in [5, 5.41) is 13.8. The molecule has 0 amide bonds. The van der Waals surface area contributed by atoms with Crippen molar-refractivity contribution >= 4 is 17.0 Å². The molecule has 0 aliphatic rings. The first-order chi connectivity index (χ1) is 9.66. The molecular formula is C12H9N5O3. The molecule has 20 heavy (non-hydrogen) atoms. The molecule has 0 unspecified atom stereocenters. The fraction of sp³-hybridized carbons (Fsp3) is 0.0833. The lowest BCUT2D eigenvalue weighted by Crippen LogP contribution is -2.01. The molecule has 0 aromatic carbocycles. The number of rotatable bonds is 3. The van der Waals surface area contributed by atoms with E-state index in [4.69, 9.17) is 9.84 Å². The van der Waals surface area contributed by atoms with Gasteiger partial charge in [0.15, 0.2) is 11.4 Å². The zero-order chi connectivity index (χ0) is 14.1. The third kappa shape index (κ3) is 1.92. The van der Waals surface area contributed by atoms with E-state index in [0.29, 0.717) is 11.0 Å². The minimum atomic E-state index is -1.10. The molecule has 0 saturated carbocycles. The van der Waals surface area contributed by atoms with Crippen molar-refractivity contribution in [1.82, 2.24) is 24.7 Å². The number of carbonyl (C=O) groups is 1. The van der Waals surface area contributed by atoms with E-state index < -0.39 is 5.97 Å². The Kier molecular flexibility index (Phi) is 2.75. The van der Waals surface area contributed by atoms with E-state index in [1.807, 2.05) is 0 Å². The Morgan fingerprint density at radius 1 is 1.35 bits per heavy atom. The van der Waals surface area contributed by atoms with E-state index in [-0.39, 0.29) is 17.2 Å². The van der Waals surface area contributed by atoms with Crippen LogP contribution in [0.3, 0.4) is 0 Å². The zero-order valence-corrected chi connectivity index (χ0v) is 10.4. The summed E-state index contributed by atoms with van der Waals surface area (Å²) in [7, 11) is 1.74. The minimum absolute atomic E-state index is 0.00986. The second-order valence-corrected chi connectivity index (χ2v) is 3.96. The highest BCUT2D eigenvalue weighted by atomic mass is 16.5. The lowest BCUT2D eigenvalue weighted by atomic mass is 10.2. The molecule has 0 atom stereocenters. The van der Waals surface area contributed by atoms with Crippen LogP contribution in [0.25, 0.3) is 11.0 Å². The maximum Gasteiger partial charge on any atom is 0.339 e. The van der Waals surface area contributed by atoms with Crippen molar-refractivity contribution in [1.29, 1.82) is 0 Å². The van der Waals surface area contributed by atoms with Gasteiger partial charge in [0.1, 0.15) is 17.3 Å². The molecule has 3 aromatic heterocycles. The van der Waals surface area contributed by atoms with Crippen LogP contribution in [0.5, 0.6) is 11.6 Å². The summed E-state index contributed by atoms with van der Waals surface area (Å²) >= 11 is 0. The second kappa shape index (κ2) is 4.57. The molecule has 0 fully saturated rings. The van der Waals surface area contributed by atoms with Gasteiger partial charge >= 0.3 is 5.97 Å². The average molecular weight is 271 g/mol. The summed E-state index contributed by atoms with van der Waals surface area (Å²) in [6.45, 7) is 0. The van der Waals surface area contributed by atoms with E-state index in [1.54, 1.807) is 17.9 Å². The summed E-state index contributed by atoms with van der Waals surface area (Å²) in [4.78, 5) is 23.1. The summed E-state index contributed by atoms with van der Waals surface area (Å²) < 4.78 is 7.12. The standard InChI is InChI=1S/C12H9N5O3/c1-17-10-8(4-16-17)11(15-6-14-10)20-9-5-13-3-2-7(9)12(18)19/h2-6H,1H3,(H,18,19). The molecule has 3 aromatic rings. The molecule has 0 bridgehead atoms. The minimum Gasteiger partial charge on any atom is -0.478 e. The largest absolute Gasteiger partial charge is 0.478 e. The number of nitrogens with zero attached hydrogens (tertiary/aromatic N) is 5. The number of pyridine rings is 1. The van der Waals surface area contributed by atoms with Gasteiger partial charge in [-0.3, -0.25) is 9.67 Å². The predicted molar refractivity (Wildman–Crippen MR) is 67.6 cm³/mol. The Balaban J connectivity index is 2.08. The van der Waals surface area contributed by atoms with Crippen LogP contribution in [0.1, 0.15) is 10.4 Å². The van der Waals surface area contributed by atoms with Gasteiger partial charge in [0, 0.05) is 13.2 Å². The van der Waals surface area contributed by atoms with Gasteiger partial charge in [0.2, 0.25) is 5.88 Å². The average Bonchev–Trinajstić information content (AvgIpc) is 2.82. The van der Waals surface area contributed by atoms with Crippen molar-refractivity contribution in [2.24, 2.45) is 7.05 Å². The van der Waals surface area contributed by atoms with Crippen molar-refractivity contribution in [2.75, 3.05) is 0 Å². The number of aromatic nitrogens is 5. The Bertz CT molecular complexity index is 799. The van der Waals surface area contributed by atoms with Crippen LogP contribution in [0.4, 0.5) is 0 Å². The van der Waals surface area contributed by atoms with Crippen LogP contribution >= 0.6 is 0 Å². The van der Waals surface area contributed by atoms with Crippen LogP contribution < -0.4 is 4.74 Å². The Morgan fingerprint density at radius 2 is 2.20 bits per heavy atom. The SMILES string of the molecule is Cn1ncc2c(Oc3cnccc3C(=O)O)ncnc21. The van der Waals surface area contributed by atoms with Crippen molar-refractivity contribution in [2.45, 2.75) is 0 Å². The van der Waals surface area contributed by atoms with Gasteiger partial charge in [0.25, 0.3) is 0 Å². The van der Waals surface area contributed by atoms with Gasteiger partial charge in [-0.05, 0) is 6.07 Å². The Hall–Kier alpha value is -3.03. The summed E-state index contributed by atoms with van der Waals surface area (Å²) in [6.07, 6.45) is 5.60. The van der Waals surface area contributed by atoms with E-state index in [0.717, 1.165) is 0 Å². The maximum absolute atomic E-state index is 11.1. The topological polar surface area (TPSA) is 103 Å². The molecule has 1 N–H and O–H groups in total. The molecule has 100 valence electrons. The van der Waals surface area contributed by atoms with Gasteiger partial charge in [-0.2, -0.15) is 5.10 Å². The van der Waals surface area contributed by atoms with Gasteiger partial charge in [-0.15, -0.1) is 0 Å². The Labute approximate surface area is 112 Å². The normalized spacial score (nSPS) is 10.7. The van der Waals surface area contributed by atoms with E-state index in [2.05, 4.69) is 20.1 Å². The molecule has 3 heterocycles. The number of aromatic carboxylic acids is 1. The van der Waals surface area contributed by atoms with Crippen LogP contribution in [-0.4, -0.2) is 35.8 Å². The summed E-state index contributed by atoms with van der Waals surface area (Å²) in [6, 6.07) is 1.36. The van der Waals surface area contributed by atoms with Gasteiger partial charge in [-0.25, -0.2) is 14.8 Å². The monoisotopic (exact) mass is 271 g/mol. The Morgan fingerprint density at radius 3 is 3.00 bits per heavy atom. The van der Waals surface area contributed by atoms with Crippen molar-refractivity contribution in [3.63, 3.8) is 0 Å². The van der Waals surface area contributed by atoms with Crippen LogP contribution in [0.2, 0.25) is 0 Å². The number of hydrogen-bond acceptors (Lipinski definition) is 6. The first-order valence-corrected chi connectivity index (χ1v) is 5.64. The number of carboxylic acid groups (broad SMARTS) is 1. The van der Waals surface area contributed by atoms with Gasteiger partial charge in [-0.1, -0.05) is 0 Å². The van der Waals surface area contributed by atoms with E-state index in [1.165, 1.54) is 24.8 Å². The van der Waals surface area contributed by atoms with Crippen molar-refractivity contribution in [3.8, 4) is 11.6 Å². The molecule has 8 heteroatoms. The van der Waals surface area contributed by atoms with Crippen LogP contribution in [-0.2, 0) is 7.05 Å². The predicted octanol–water partition coefficient (Wildman–Crippen LogP) is 1.25. The first kappa shape index (κ1) is 12.0. The maximum atomic E-state index is 11.1. The molecular weight excluding hydrogens is 262 g/mol. The van der Waals surface area contributed by atoms with Gasteiger partial charge < -0.3 is 9.84 Å². The van der Waals surface area contributed by atoms with E-state index in [9.17, 15) is 4.79 Å². The third-order valence-electron chi connectivity index (χ3n) is 2.71. The first-order valence-electron chi connectivity index (χ1n) is 5.64. The smallest absolute Gasteiger partial charge is 0.339 e. The van der Waals surface area contributed by atoms with Crippen molar-refractivity contribution < 1.29 is 14.6 Å². The third-order valence-corrected chi connectivity index (χ3v) is 2.71. The number of ether oxygens (including phenoxy) is 1. The lowest BCUT2D eigenvalue weighted by molar-refractivity contribution is 0.0694. The second-order valence-electron chi connectivity index (χ2n) is 3.96. The van der Waals surface area contributed by atoms with Gasteiger partial charge in [0.05, 0.1) is 12.4 Å². The molecule has 0 aliphatic carbocycles. The zero-order valence-electron chi connectivity index (χ0n) is 10.4. The van der Waals surface area contributed by atoms with Crippen LogP contribution in [0, 0.1) is 0 Å². The molecule has 3 rings (SSSR count). The van der Waals surface area contributed by atoms with Crippen molar-refractivity contribution in [3.05, 3.63) is 36.5 Å². The fourth-order valence-corrected chi connectivity index (χ4v) is 1.76. The number of carboxylic acids is 1. The quantitative estimate of drug-likeness (QED) is 0.764. The fourth-order valence-electron chi connectivity index (χ4n) is 1.76. The number of fused-ring (bicyclic) bond motifs is 1. The molecule has 0 aliphatic heterocycles. The highest BCUT2D eigenvalue weighted by molar-refractivity contribution is 5.91.